The van der Waals surface area contributed by atoms with Crippen LogP contribution in [0.4, 0.5) is 13.2 Å². The predicted octanol–water partition coefficient (Wildman–Crippen LogP) is 8.48. The van der Waals surface area contributed by atoms with Crippen molar-refractivity contribution in [1.82, 2.24) is 0 Å². The molecule has 2 aliphatic carbocycles. The fraction of sp³-hybridized carbons (Fsp3) is 0.517. The van der Waals surface area contributed by atoms with Crippen LogP contribution in [-0.2, 0) is 0 Å². The van der Waals surface area contributed by atoms with Crippen LogP contribution < -0.4 is 4.74 Å². The molecule has 0 aromatic heterocycles. The highest BCUT2D eigenvalue weighted by atomic mass is 19.4. The molecule has 0 spiro atoms. The predicted molar refractivity (Wildman–Crippen MR) is 126 cm³/mol. The molecule has 2 aliphatic rings. The molecular weight excluding hydrogens is 421 g/mol. The zero-order valence-corrected chi connectivity index (χ0v) is 19.3. The molecule has 4 atom stereocenters. The van der Waals surface area contributed by atoms with Gasteiger partial charge in [-0.2, -0.15) is 0 Å². The Morgan fingerprint density at radius 3 is 2.06 bits per heavy atom. The molecule has 176 valence electrons. The van der Waals surface area contributed by atoms with Gasteiger partial charge in [-0.3, -0.25) is 0 Å². The van der Waals surface area contributed by atoms with Gasteiger partial charge in [0.25, 0.3) is 0 Å². The van der Waals surface area contributed by atoms with E-state index in [1.807, 2.05) is 0 Å². The van der Waals surface area contributed by atoms with Crippen molar-refractivity contribution in [3.63, 3.8) is 0 Å². The summed E-state index contributed by atoms with van der Waals surface area (Å²) in [4.78, 5) is 0. The minimum atomic E-state index is -4.68. The molecule has 0 N–H and O–H groups in total. The molecule has 1 unspecified atom stereocenters. The van der Waals surface area contributed by atoms with Crippen molar-refractivity contribution in [2.45, 2.75) is 77.0 Å². The zero-order chi connectivity index (χ0) is 23.3. The lowest BCUT2D eigenvalue weighted by Crippen LogP contribution is -2.30. The first-order valence-corrected chi connectivity index (χ1v) is 12.4. The van der Waals surface area contributed by atoms with Gasteiger partial charge in [0.2, 0.25) is 0 Å². The van der Waals surface area contributed by atoms with Gasteiger partial charge in [-0.1, -0.05) is 56.6 Å². The Labute approximate surface area is 195 Å². The van der Waals surface area contributed by atoms with E-state index in [1.165, 1.54) is 87.6 Å². The Kier molecular flexibility index (Phi) is 7.68. The molecule has 2 fully saturated rings. The number of ether oxygens (including phenoxy) is 1. The summed E-state index contributed by atoms with van der Waals surface area (Å²) in [5.74, 6) is 9.35. The molecule has 0 bridgehead atoms. The minimum Gasteiger partial charge on any atom is -0.406 e. The van der Waals surface area contributed by atoms with E-state index in [4.69, 9.17) is 0 Å². The topological polar surface area (TPSA) is 9.23 Å². The van der Waals surface area contributed by atoms with Gasteiger partial charge in [-0.15, -0.1) is 13.2 Å². The standard InChI is InChI=1S/C29H33F3O/c1-2-3-4-23-9-14-27-20-26(16-15-25(27)19-23)24-12-7-21(8-13-24)5-6-22-10-17-28(18-11-22)33-29(30,31)32/h7-8,10-13,17-18,23,25-27H,2-4,9,14-16,19-20H2,1H3/t23?,25-,26-,27-/m1/s1. The number of fused-ring (bicyclic) bond motifs is 1. The van der Waals surface area contributed by atoms with E-state index < -0.39 is 6.36 Å². The smallest absolute Gasteiger partial charge is 0.406 e. The van der Waals surface area contributed by atoms with Crippen molar-refractivity contribution in [1.29, 1.82) is 0 Å². The zero-order valence-electron chi connectivity index (χ0n) is 19.3. The molecule has 0 saturated heterocycles. The Balaban J connectivity index is 1.32. The van der Waals surface area contributed by atoms with Gasteiger partial charge < -0.3 is 4.74 Å². The van der Waals surface area contributed by atoms with Gasteiger partial charge in [0.15, 0.2) is 0 Å². The summed E-state index contributed by atoms with van der Waals surface area (Å²) < 4.78 is 40.7. The maximum Gasteiger partial charge on any atom is 0.573 e. The number of hydrogen-bond acceptors (Lipinski definition) is 1. The quantitative estimate of drug-likeness (QED) is 0.412. The lowest BCUT2D eigenvalue weighted by molar-refractivity contribution is -0.274. The first-order chi connectivity index (χ1) is 15.9. The van der Waals surface area contributed by atoms with Gasteiger partial charge >= 0.3 is 6.36 Å². The van der Waals surface area contributed by atoms with E-state index >= 15 is 0 Å². The van der Waals surface area contributed by atoms with E-state index in [0.717, 1.165) is 23.3 Å². The van der Waals surface area contributed by atoms with E-state index in [-0.39, 0.29) is 5.75 Å². The number of rotatable bonds is 5. The first-order valence-electron chi connectivity index (χ1n) is 12.4. The van der Waals surface area contributed by atoms with Gasteiger partial charge in [-0.05, 0) is 97.7 Å². The lowest BCUT2D eigenvalue weighted by atomic mass is 9.63. The van der Waals surface area contributed by atoms with Crippen LogP contribution in [-0.4, -0.2) is 6.36 Å². The van der Waals surface area contributed by atoms with Crippen LogP contribution >= 0.6 is 0 Å². The van der Waals surface area contributed by atoms with Gasteiger partial charge in [-0.25, -0.2) is 0 Å². The Morgan fingerprint density at radius 1 is 0.818 bits per heavy atom. The second-order valence-corrected chi connectivity index (χ2v) is 9.80. The molecular formula is C29H33F3O. The van der Waals surface area contributed by atoms with Gasteiger partial charge in [0.1, 0.15) is 5.75 Å². The van der Waals surface area contributed by atoms with Crippen LogP contribution in [0.1, 0.15) is 87.3 Å². The monoisotopic (exact) mass is 454 g/mol. The fourth-order valence-corrected chi connectivity index (χ4v) is 5.77. The Bertz CT molecular complexity index is 950. The number of benzene rings is 2. The molecule has 2 aromatic rings. The number of hydrogen-bond donors (Lipinski definition) is 0. The van der Waals surface area contributed by atoms with E-state index in [0.29, 0.717) is 11.5 Å². The number of alkyl halides is 3. The van der Waals surface area contributed by atoms with Crippen LogP contribution in [0.2, 0.25) is 0 Å². The molecule has 2 saturated carbocycles. The largest absolute Gasteiger partial charge is 0.573 e. The molecule has 0 aliphatic heterocycles. The van der Waals surface area contributed by atoms with Crippen molar-refractivity contribution in [2.24, 2.45) is 17.8 Å². The average molecular weight is 455 g/mol. The number of unbranched alkanes of at least 4 members (excludes halogenated alkanes) is 1. The van der Waals surface area contributed by atoms with E-state index in [1.54, 1.807) is 0 Å². The van der Waals surface area contributed by atoms with Crippen molar-refractivity contribution in [2.75, 3.05) is 0 Å². The summed E-state index contributed by atoms with van der Waals surface area (Å²) >= 11 is 0. The second-order valence-electron chi connectivity index (χ2n) is 9.80. The summed E-state index contributed by atoms with van der Waals surface area (Å²) in [6.45, 7) is 2.29. The lowest BCUT2D eigenvalue weighted by Gasteiger charge is -2.42. The van der Waals surface area contributed by atoms with Crippen LogP contribution in [0.3, 0.4) is 0 Å². The normalized spacial score (nSPS) is 25.0. The van der Waals surface area contributed by atoms with Crippen LogP contribution in [0.5, 0.6) is 5.75 Å². The maximum absolute atomic E-state index is 12.3. The fourth-order valence-electron chi connectivity index (χ4n) is 5.77. The Hall–Kier alpha value is -2.41. The molecule has 0 heterocycles. The molecule has 2 aromatic carbocycles. The third kappa shape index (κ3) is 6.79. The van der Waals surface area contributed by atoms with E-state index in [9.17, 15) is 13.2 Å². The molecule has 0 radical (unpaired) electrons. The van der Waals surface area contributed by atoms with E-state index in [2.05, 4.69) is 47.8 Å². The van der Waals surface area contributed by atoms with Gasteiger partial charge in [0, 0.05) is 11.1 Å². The third-order valence-corrected chi connectivity index (χ3v) is 7.51. The molecule has 33 heavy (non-hydrogen) atoms. The molecule has 1 nitrogen and oxygen atoms in total. The highest BCUT2D eigenvalue weighted by Crippen LogP contribution is 2.48. The molecule has 4 heteroatoms. The molecule has 0 amide bonds. The third-order valence-electron chi connectivity index (χ3n) is 7.51. The molecule has 4 rings (SSSR count). The minimum absolute atomic E-state index is 0.235. The summed E-state index contributed by atoms with van der Waals surface area (Å²) in [6, 6.07) is 14.2. The van der Waals surface area contributed by atoms with Crippen LogP contribution in [0, 0.1) is 29.6 Å². The second kappa shape index (κ2) is 10.7. The van der Waals surface area contributed by atoms with Crippen molar-refractivity contribution in [3.05, 3.63) is 65.2 Å². The number of halogens is 3. The summed E-state index contributed by atoms with van der Waals surface area (Å²) in [5.41, 5.74) is 2.99. The van der Waals surface area contributed by atoms with Crippen LogP contribution in [0.15, 0.2) is 48.5 Å². The van der Waals surface area contributed by atoms with Crippen LogP contribution in [0.25, 0.3) is 0 Å². The average Bonchev–Trinajstić information content (AvgIpc) is 2.81. The van der Waals surface area contributed by atoms with Crippen molar-refractivity contribution < 1.29 is 17.9 Å². The highest BCUT2D eigenvalue weighted by molar-refractivity contribution is 5.45. The summed E-state index contributed by atoms with van der Waals surface area (Å²) in [5, 5.41) is 0. The summed E-state index contributed by atoms with van der Waals surface area (Å²) in [6.07, 6.45) is 7.72. The summed E-state index contributed by atoms with van der Waals surface area (Å²) in [7, 11) is 0. The first kappa shape index (κ1) is 23.7. The van der Waals surface area contributed by atoms with Crippen molar-refractivity contribution in [3.8, 4) is 17.6 Å². The van der Waals surface area contributed by atoms with Crippen molar-refractivity contribution >= 4 is 0 Å². The maximum atomic E-state index is 12.3. The Morgan fingerprint density at radius 2 is 1.42 bits per heavy atom. The highest BCUT2D eigenvalue weighted by Gasteiger charge is 2.35. The SMILES string of the molecule is CCCCC1CC[C@@H]2C[C@H](c3ccc(C#Cc4ccc(OC(F)(F)F)cc4)cc3)CC[C@@H]2C1. The van der Waals surface area contributed by atoms with Gasteiger partial charge in [0.05, 0.1) is 0 Å².